The molecule has 120 valence electrons. The van der Waals surface area contributed by atoms with E-state index in [1.807, 2.05) is 11.3 Å². The number of rotatable bonds is 7. The van der Waals surface area contributed by atoms with Crippen LogP contribution in [0.15, 0.2) is 0 Å². The lowest BCUT2D eigenvalue weighted by Crippen LogP contribution is -2.19. The topological polar surface area (TPSA) is 28.2 Å². The van der Waals surface area contributed by atoms with Gasteiger partial charge in [-0.3, -0.25) is 0 Å². The Morgan fingerprint density at radius 1 is 1.29 bits per heavy atom. The molecule has 0 amide bonds. The van der Waals surface area contributed by atoms with Crippen molar-refractivity contribution in [1.82, 2.24) is 10.3 Å². The third kappa shape index (κ3) is 3.98. The van der Waals surface area contributed by atoms with E-state index in [2.05, 4.69) is 44.8 Å². The van der Waals surface area contributed by atoms with E-state index >= 15 is 0 Å². The molecule has 1 N–H and O–H groups in total. The van der Waals surface area contributed by atoms with Gasteiger partial charge in [0.25, 0.3) is 0 Å². The first-order valence-electron chi connectivity index (χ1n) is 8.52. The van der Waals surface area contributed by atoms with Gasteiger partial charge in [-0.2, -0.15) is 0 Å². The van der Waals surface area contributed by atoms with E-state index in [1.54, 1.807) is 0 Å². The highest BCUT2D eigenvalue weighted by Gasteiger charge is 2.29. The third-order valence-corrected chi connectivity index (χ3v) is 5.90. The standard InChI is InChI=1S/C17H31N3S/c1-6-8-18-9-15-16(12(3)7-2)19-17(21-15)20-10-13(4)14(5)11-20/h12-14,18H,6-11H2,1-5H3. The highest BCUT2D eigenvalue weighted by atomic mass is 32.1. The van der Waals surface area contributed by atoms with Crippen LogP contribution in [0.5, 0.6) is 0 Å². The van der Waals surface area contributed by atoms with Gasteiger partial charge in [0.15, 0.2) is 5.13 Å². The molecule has 0 bridgehead atoms. The Morgan fingerprint density at radius 3 is 2.52 bits per heavy atom. The van der Waals surface area contributed by atoms with E-state index in [4.69, 9.17) is 4.98 Å². The predicted octanol–water partition coefficient (Wildman–Crippen LogP) is 4.25. The maximum Gasteiger partial charge on any atom is 0.185 e. The Morgan fingerprint density at radius 2 is 1.95 bits per heavy atom. The second kappa shape index (κ2) is 7.59. The second-order valence-corrected chi connectivity index (χ2v) is 7.71. The monoisotopic (exact) mass is 309 g/mol. The Labute approximate surface area is 134 Å². The second-order valence-electron chi connectivity index (χ2n) is 6.65. The molecule has 4 heteroatoms. The maximum absolute atomic E-state index is 5.02. The van der Waals surface area contributed by atoms with Gasteiger partial charge in [-0.05, 0) is 37.1 Å². The zero-order valence-electron chi connectivity index (χ0n) is 14.3. The number of aromatic nitrogens is 1. The van der Waals surface area contributed by atoms with E-state index in [0.717, 1.165) is 44.4 Å². The van der Waals surface area contributed by atoms with Crippen LogP contribution in [0.2, 0.25) is 0 Å². The van der Waals surface area contributed by atoms with Gasteiger partial charge in [-0.25, -0.2) is 4.98 Å². The molecule has 0 aromatic carbocycles. The molecule has 1 fully saturated rings. The fraction of sp³-hybridized carbons (Fsp3) is 0.824. The molecule has 1 aliphatic heterocycles. The van der Waals surface area contributed by atoms with Gasteiger partial charge < -0.3 is 10.2 Å². The molecule has 1 aromatic heterocycles. The van der Waals surface area contributed by atoms with Crippen LogP contribution < -0.4 is 10.2 Å². The molecule has 3 atom stereocenters. The minimum Gasteiger partial charge on any atom is -0.348 e. The average Bonchev–Trinajstić information content (AvgIpc) is 3.03. The highest BCUT2D eigenvalue weighted by molar-refractivity contribution is 7.15. The number of thiazole rings is 1. The minimum atomic E-state index is 0.561. The van der Waals surface area contributed by atoms with E-state index in [0.29, 0.717) is 5.92 Å². The lowest BCUT2D eigenvalue weighted by molar-refractivity contribution is 0.494. The summed E-state index contributed by atoms with van der Waals surface area (Å²) in [5.41, 5.74) is 1.33. The molecule has 2 heterocycles. The fourth-order valence-electron chi connectivity index (χ4n) is 2.86. The van der Waals surface area contributed by atoms with Crippen LogP contribution in [0.1, 0.15) is 63.9 Å². The van der Waals surface area contributed by atoms with E-state index < -0.39 is 0 Å². The number of nitrogens with one attached hydrogen (secondary N) is 1. The largest absolute Gasteiger partial charge is 0.348 e. The summed E-state index contributed by atoms with van der Waals surface area (Å²) in [6.45, 7) is 15.9. The fourth-order valence-corrected chi connectivity index (χ4v) is 4.02. The summed E-state index contributed by atoms with van der Waals surface area (Å²) in [7, 11) is 0. The molecule has 0 radical (unpaired) electrons. The van der Waals surface area contributed by atoms with Gasteiger partial charge in [-0.1, -0.05) is 34.6 Å². The van der Waals surface area contributed by atoms with Crippen LogP contribution in [0.4, 0.5) is 5.13 Å². The van der Waals surface area contributed by atoms with Gasteiger partial charge in [0.2, 0.25) is 0 Å². The van der Waals surface area contributed by atoms with Crippen molar-refractivity contribution >= 4 is 16.5 Å². The van der Waals surface area contributed by atoms with Crippen LogP contribution in [0, 0.1) is 11.8 Å². The molecule has 1 aliphatic rings. The molecular formula is C17H31N3S. The van der Waals surface area contributed by atoms with Crippen molar-refractivity contribution in [1.29, 1.82) is 0 Å². The lowest BCUT2D eigenvalue weighted by atomic mass is 10.0. The first kappa shape index (κ1) is 16.8. The number of nitrogens with zero attached hydrogens (tertiary/aromatic N) is 2. The van der Waals surface area contributed by atoms with Crippen molar-refractivity contribution in [2.45, 2.75) is 59.9 Å². The first-order chi connectivity index (χ1) is 10.1. The van der Waals surface area contributed by atoms with Crippen molar-refractivity contribution in [3.8, 4) is 0 Å². The quantitative estimate of drug-likeness (QED) is 0.763. The van der Waals surface area contributed by atoms with Crippen molar-refractivity contribution in [3.05, 3.63) is 10.6 Å². The van der Waals surface area contributed by atoms with Crippen molar-refractivity contribution in [2.75, 3.05) is 24.5 Å². The number of anilines is 1. The summed E-state index contributed by atoms with van der Waals surface area (Å²) in [6.07, 6.45) is 2.35. The molecule has 0 spiro atoms. The minimum absolute atomic E-state index is 0.561. The summed E-state index contributed by atoms with van der Waals surface area (Å²) >= 11 is 1.91. The molecule has 0 aliphatic carbocycles. The zero-order chi connectivity index (χ0) is 15.4. The van der Waals surface area contributed by atoms with Gasteiger partial charge in [0, 0.05) is 24.5 Å². The third-order valence-electron chi connectivity index (χ3n) is 4.77. The Bertz CT molecular complexity index is 433. The summed E-state index contributed by atoms with van der Waals surface area (Å²) in [6, 6.07) is 0. The molecule has 3 nitrogen and oxygen atoms in total. The lowest BCUT2D eigenvalue weighted by Gasteiger charge is -2.13. The van der Waals surface area contributed by atoms with Gasteiger partial charge in [-0.15, -0.1) is 11.3 Å². The Hall–Kier alpha value is -0.610. The zero-order valence-corrected chi connectivity index (χ0v) is 15.1. The van der Waals surface area contributed by atoms with Gasteiger partial charge in [0.1, 0.15) is 0 Å². The van der Waals surface area contributed by atoms with Crippen LogP contribution >= 0.6 is 11.3 Å². The molecule has 0 saturated carbocycles. The molecule has 2 rings (SSSR count). The van der Waals surface area contributed by atoms with Crippen molar-refractivity contribution in [2.24, 2.45) is 11.8 Å². The summed E-state index contributed by atoms with van der Waals surface area (Å²) < 4.78 is 0. The number of hydrogen-bond donors (Lipinski definition) is 1. The van der Waals surface area contributed by atoms with E-state index in [1.165, 1.54) is 22.1 Å². The predicted molar refractivity (Wildman–Crippen MR) is 93.4 cm³/mol. The average molecular weight is 310 g/mol. The van der Waals surface area contributed by atoms with Crippen LogP contribution in [-0.2, 0) is 6.54 Å². The normalized spacial score (nSPS) is 23.8. The van der Waals surface area contributed by atoms with Crippen molar-refractivity contribution < 1.29 is 0 Å². The first-order valence-corrected chi connectivity index (χ1v) is 9.33. The molecule has 21 heavy (non-hydrogen) atoms. The number of hydrogen-bond acceptors (Lipinski definition) is 4. The smallest absolute Gasteiger partial charge is 0.185 e. The molecule has 1 aromatic rings. The van der Waals surface area contributed by atoms with E-state index in [-0.39, 0.29) is 0 Å². The van der Waals surface area contributed by atoms with Crippen LogP contribution in [0.3, 0.4) is 0 Å². The maximum atomic E-state index is 5.02. The van der Waals surface area contributed by atoms with Gasteiger partial charge >= 0.3 is 0 Å². The summed E-state index contributed by atoms with van der Waals surface area (Å²) in [5, 5.41) is 4.79. The Kier molecular flexibility index (Phi) is 6.06. The molecular weight excluding hydrogens is 278 g/mol. The summed E-state index contributed by atoms with van der Waals surface area (Å²) in [4.78, 5) is 8.95. The molecule has 3 unspecified atom stereocenters. The summed E-state index contributed by atoms with van der Waals surface area (Å²) in [5.74, 6) is 2.12. The van der Waals surface area contributed by atoms with Crippen LogP contribution in [-0.4, -0.2) is 24.6 Å². The van der Waals surface area contributed by atoms with E-state index in [9.17, 15) is 0 Å². The highest BCUT2D eigenvalue weighted by Crippen LogP contribution is 2.35. The Balaban J connectivity index is 2.15. The SMILES string of the molecule is CCCNCc1sc(N2CC(C)C(C)C2)nc1C(C)CC. The molecule has 1 saturated heterocycles. The van der Waals surface area contributed by atoms with Crippen LogP contribution in [0.25, 0.3) is 0 Å². The van der Waals surface area contributed by atoms with Gasteiger partial charge in [0.05, 0.1) is 5.69 Å². The van der Waals surface area contributed by atoms with Crippen molar-refractivity contribution in [3.63, 3.8) is 0 Å².